The fraction of sp³-hybridized carbons (Fsp3) is 0.278. The van der Waals surface area contributed by atoms with E-state index in [1.54, 1.807) is 6.07 Å². The summed E-state index contributed by atoms with van der Waals surface area (Å²) in [7, 11) is -4.25. The van der Waals surface area contributed by atoms with E-state index in [0.717, 1.165) is 54.9 Å². The van der Waals surface area contributed by atoms with Crippen molar-refractivity contribution in [2.24, 2.45) is 0 Å². The normalized spacial score (nSPS) is 14.5. The summed E-state index contributed by atoms with van der Waals surface area (Å²) in [5.74, 6) is -11.9. The fourth-order valence-electron chi connectivity index (χ4n) is 6.00. The lowest BCUT2D eigenvalue weighted by Gasteiger charge is -2.29. The minimum Gasteiger partial charge on any atom is -0.504 e. The van der Waals surface area contributed by atoms with Gasteiger partial charge in [-0.2, -0.15) is 4.31 Å². The van der Waals surface area contributed by atoms with E-state index >= 15 is 4.39 Å². The molecule has 2 N–H and O–H groups in total. The van der Waals surface area contributed by atoms with Crippen LogP contribution in [0.3, 0.4) is 0 Å². The lowest BCUT2D eigenvalue weighted by atomic mass is 9.99. The predicted molar refractivity (Wildman–Crippen MR) is 186 cm³/mol. The molecule has 0 heterocycles. The van der Waals surface area contributed by atoms with Crippen molar-refractivity contribution in [1.29, 1.82) is 0 Å². The van der Waals surface area contributed by atoms with Crippen molar-refractivity contribution < 1.29 is 50.5 Å². The van der Waals surface area contributed by atoms with E-state index in [1.807, 2.05) is 12.1 Å². The van der Waals surface area contributed by atoms with E-state index in [0.29, 0.717) is 21.7 Å². The molecule has 4 aromatic carbocycles. The molecule has 6 rings (SSSR count). The Morgan fingerprint density at radius 2 is 1.50 bits per heavy atom. The van der Waals surface area contributed by atoms with Crippen LogP contribution in [0.4, 0.5) is 23.2 Å². The van der Waals surface area contributed by atoms with Crippen LogP contribution < -0.4 is 9.64 Å². The van der Waals surface area contributed by atoms with E-state index in [9.17, 15) is 41.4 Å². The number of ether oxygens (including phenoxy) is 1. The molecule has 52 heavy (non-hydrogen) atoms. The fourth-order valence-corrected chi connectivity index (χ4v) is 8.63. The first-order valence-corrected chi connectivity index (χ1v) is 18.6. The molecule has 0 spiro atoms. The second kappa shape index (κ2) is 14.7. The summed E-state index contributed by atoms with van der Waals surface area (Å²) in [6.45, 7) is -2.04. The van der Waals surface area contributed by atoms with Crippen LogP contribution in [0.25, 0.3) is 0 Å². The summed E-state index contributed by atoms with van der Waals surface area (Å²) in [6, 6.07) is 14.1. The molecule has 9 nitrogen and oxygen atoms in total. The van der Waals surface area contributed by atoms with Crippen LogP contribution in [0.5, 0.6) is 11.5 Å². The van der Waals surface area contributed by atoms with Crippen LogP contribution in [0.2, 0.25) is 5.02 Å². The van der Waals surface area contributed by atoms with E-state index in [2.05, 4.69) is 22.0 Å². The van der Waals surface area contributed by atoms with Gasteiger partial charge in [-0.05, 0) is 93.9 Å². The highest BCUT2D eigenvalue weighted by Gasteiger charge is 2.39. The number of carboxylic acid groups (broad SMARTS) is 1. The van der Waals surface area contributed by atoms with E-state index in [4.69, 9.17) is 16.3 Å². The Labute approximate surface area is 309 Å². The number of hydrogen-bond acceptors (Lipinski definition) is 6. The van der Waals surface area contributed by atoms with Crippen molar-refractivity contribution in [3.63, 3.8) is 0 Å². The van der Waals surface area contributed by atoms with Crippen molar-refractivity contribution in [2.45, 2.75) is 55.5 Å². The molecule has 0 atom stereocenters. The van der Waals surface area contributed by atoms with Crippen molar-refractivity contribution in [2.75, 3.05) is 18.6 Å². The van der Waals surface area contributed by atoms with Crippen LogP contribution in [-0.2, 0) is 27.9 Å². The SMILES string of the molecule is COc1c(N(Cc2cc(C3CC3)cc(C3CC3)c2)C(=O)CN(Cc2ccccc2Cl)S(=O)(=O)c2c(F)c(F)c(F)c(F)c2Br)ccc(C(=O)O)c1O. The van der Waals surface area contributed by atoms with Gasteiger partial charge >= 0.3 is 5.97 Å². The van der Waals surface area contributed by atoms with E-state index < -0.39 is 84.7 Å². The number of aromatic carboxylic acids is 1. The third-order valence-corrected chi connectivity index (χ3v) is 12.2. The Balaban J connectivity index is 1.49. The minimum absolute atomic E-state index is 0.0448. The molecule has 2 aliphatic carbocycles. The Kier molecular flexibility index (Phi) is 10.6. The van der Waals surface area contributed by atoms with Gasteiger partial charge in [0, 0.05) is 11.6 Å². The summed E-state index contributed by atoms with van der Waals surface area (Å²) in [6.07, 6.45) is 3.94. The first-order valence-electron chi connectivity index (χ1n) is 16.0. The van der Waals surface area contributed by atoms with Gasteiger partial charge < -0.3 is 19.8 Å². The van der Waals surface area contributed by atoms with Crippen molar-refractivity contribution >= 4 is 55.1 Å². The molecular formula is C36H30BrClF4N2O7S. The molecule has 2 fully saturated rings. The highest BCUT2D eigenvalue weighted by atomic mass is 79.9. The standard InChI is InChI=1S/C36H30BrClF4N2O7S/c1-51-34-26(11-10-24(33(34)46)36(47)48)44(15-18-12-22(19-6-7-19)14-23(13-18)20-8-9-20)27(45)17-43(16-21-4-2-3-5-25(21)38)52(49,50)35-28(37)29(39)30(40)31(41)32(35)42/h2-5,10-14,19-20,46H,6-9,15-17H2,1H3,(H,47,48). The summed E-state index contributed by atoms with van der Waals surface area (Å²) in [4.78, 5) is 25.9. The largest absolute Gasteiger partial charge is 0.504 e. The first kappa shape index (κ1) is 37.6. The molecule has 0 bridgehead atoms. The van der Waals surface area contributed by atoms with Crippen LogP contribution >= 0.6 is 27.5 Å². The van der Waals surface area contributed by atoms with Gasteiger partial charge in [0.1, 0.15) is 10.5 Å². The highest BCUT2D eigenvalue weighted by molar-refractivity contribution is 9.10. The number of carboxylic acids is 1. The van der Waals surface area contributed by atoms with E-state index in [1.165, 1.54) is 24.3 Å². The van der Waals surface area contributed by atoms with E-state index in [-0.39, 0.29) is 22.8 Å². The number of benzene rings is 4. The van der Waals surface area contributed by atoms with Gasteiger partial charge in [0.15, 0.2) is 34.8 Å². The molecule has 274 valence electrons. The molecule has 2 saturated carbocycles. The number of halogens is 6. The average Bonchev–Trinajstić information content (AvgIpc) is 4.03. The lowest BCUT2D eigenvalue weighted by molar-refractivity contribution is -0.119. The summed E-state index contributed by atoms with van der Waals surface area (Å²) >= 11 is 8.87. The number of amides is 1. The van der Waals surface area contributed by atoms with Crippen LogP contribution in [-0.4, -0.2) is 48.5 Å². The Hall–Kier alpha value is -4.18. The number of hydrogen-bond donors (Lipinski definition) is 2. The number of carbonyl (C=O) groups excluding carboxylic acids is 1. The summed E-state index contributed by atoms with van der Waals surface area (Å²) in [5.41, 5.74) is 2.21. The molecule has 0 saturated heterocycles. The maximum atomic E-state index is 15.3. The highest BCUT2D eigenvalue weighted by Crippen LogP contribution is 2.46. The van der Waals surface area contributed by atoms with Gasteiger partial charge in [-0.15, -0.1) is 0 Å². The monoisotopic (exact) mass is 824 g/mol. The third kappa shape index (κ3) is 7.36. The average molecular weight is 826 g/mol. The second-order valence-electron chi connectivity index (χ2n) is 12.6. The number of carbonyl (C=O) groups is 2. The number of rotatable bonds is 13. The number of nitrogens with zero attached hydrogens (tertiary/aromatic N) is 2. The molecule has 0 aliphatic heterocycles. The van der Waals surface area contributed by atoms with Gasteiger partial charge in [-0.25, -0.2) is 30.8 Å². The molecule has 4 aromatic rings. The van der Waals surface area contributed by atoms with Gasteiger partial charge in [-0.1, -0.05) is 48.0 Å². The molecule has 16 heteroatoms. The maximum Gasteiger partial charge on any atom is 0.339 e. The zero-order valence-corrected chi connectivity index (χ0v) is 30.5. The number of aromatic hydroxyl groups is 1. The van der Waals surface area contributed by atoms with Crippen LogP contribution in [0, 0.1) is 23.3 Å². The minimum atomic E-state index is -5.38. The Morgan fingerprint density at radius 3 is 2.06 bits per heavy atom. The topological polar surface area (TPSA) is 124 Å². The second-order valence-corrected chi connectivity index (χ2v) is 15.7. The Morgan fingerprint density at radius 1 is 0.904 bits per heavy atom. The first-order chi connectivity index (χ1) is 24.6. The number of sulfonamides is 1. The predicted octanol–water partition coefficient (Wildman–Crippen LogP) is 8.25. The van der Waals surface area contributed by atoms with Crippen molar-refractivity contribution in [1.82, 2.24) is 4.31 Å². The lowest BCUT2D eigenvalue weighted by Crippen LogP contribution is -2.43. The third-order valence-electron chi connectivity index (χ3n) is 9.00. The van der Waals surface area contributed by atoms with Crippen molar-refractivity contribution in [3.8, 4) is 11.5 Å². The van der Waals surface area contributed by atoms with Crippen LogP contribution in [0.1, 0.15) is 70.1 Å². The smallest absolute Gasteiger partial charge is 0.339 e. The van der Waals surface area contributed by atoms with Crippen molar-refractivity contribution in [3.05, 3.63) is 115 Å². The van der Waals surface area contributed by atoms with Gasteiger partial charge in [-0.3, -0.25) is 4.79 Å². The number of phenols is 1. The number of methoxy groups -OCH3 is 1. The van der Waals surface area contributed by atoms with Gasteiger partial charge in [0.2, 0.25) is 15.9 Å². The quantitative estimate of drug-likeness (QED) is 0.0791. The molecule has 0 aromatic heterocycles. The van der Waals surface area contributed by atoms with Crippen LogP contribution in [0.15, 0.2) is 64.0 Å². The maximum absolute atomic E-state index is 15.3. The molecule has 2 aliphatic rings. The number of anilines is 1. The molecular weight excluding hydrogens is 796 g/mol. The molecule has 1 amide bonds. The summed E-state index contributed by atoms with van der Waals surface area (Å²) in [5, 5.41) is 20.6. The molecule has 0 radical (unpaired) electrons. The zero-order chi connectivity index (χ0) is 37.6. The zero-order valence-electron chi connectivity index (χ0n) is 27.3. The summed E-state index contributed by atoms with van der Waals surface area (Å²) < 4.78 is 91.4. The Bertz CT molecular complexity index is 2160. The van der Waals surface area contributed by atoms with Gasteiger partial charge in [0.05, 0.1) is 30.4 Å². The van der Waals surface area contributed by atoms with Gasteiger partial charge in [0.25, 0.3) is 0 Å². The molecule has 0 unspecified atom stereocenters.